The van der Waals surface area contributed by atoms with Gasteiger partial charge in [0.1, 0.15) is 0 Å². The van der Waals surface area contributed by atoms with Gasteiger partial charge in [-0.2, -0.15) is 0 Å². The Morgan fingerprint density at radius 2 is 2.21 bits per heavy atom. The minimum absolute atomic E-state index is 0.771. The van der Waals surface area contributed by atoms with Crippen molar-refractivity contribution in [3.8, 4) is 0 Å². The SMILES string of the molecule is CN1CCCC(N(C)CC2CCN2)C1. The highest BCUT2D eigenvalue weighted by Gasteiger charge is 2.25. The van der Waals surface area contributed by atoms with E-state index in [1.807, 2.05) is 0 Å². The van der Waals surface area contributed by atoms with Gasteiger partial charge >= 0.3 is 0 Å². The third-order valence-corrected chi connectivity index (χ3v) is 3.66. The van der Waals surface area contributed by atoms with Crippen LogP contribution in [-0.2, 0) is 0 Å². The summed E-state index contributed by atoms with van der Waals surface area (Å²) < 4.78 is 0. The molecule has 3 heteroatoms. The molecule has 0 spiro atoms. The Hall–Kier alpha value is -0.120. The predicted molar refractivity (Wildman–Crippen MR) is 59.6 cm³/mol. The molecule has 2 rings (SSSR count). The Bertz CT molecular complexity index is 179. The molecule has 2 fully saturated rings. The van der Waals surface area contributed by atoms with Crippen molar-refractivity contribution < 1.29 is 0 Å². The summed E-state index contributed by atoms with van der Waals surface area (Å²) in [5.41, 5.74) is 0. The molecule has 2 saturated heterocycles. The van der Waals surface area contributed by atoms with E-state index in [1.54, 1.807) is 0 Å². The van der Waals surface area contributed by atoms with Crippen LogP contribution in [0.3, 0.4) is 0 Å². The molecular weight excluding hydrogens is 174 g/mol. The van der Waals surface area contributed by atoms with E-state index < -0.39 is 0 Å². The maximum absolute atomic E-state index is 3.47. The summed E-state index contributed by atoms with van der Waals surface area (Å²) in [4.78, 5) is 5.01. The summed E-state index contributed by atoms with van der Waals surface area (Å²) in [5.74, 6) is 0. The van der Waals surface area contributed by atoms with Gasteiger partial charge in [0.05, 0.1) is 0 Å². The third kappa shape index (κ3) is 2.47. The molecule has 14 heavy (non-hydrogen) atoms. The van der Waals surface area contributed by atoms with Crippen LogP contribution in [0, 0.1) is 0 Å². The van der Waals surface area contributed by atoms with Crippen molar-refractivity contribution in [2.24, 2.45) is 0 Å². The van der Waals surface area contributed by atoms with Gasteiger partial charge in [-0.05, 0) is 46.4 Å². The van der Waals surface area contributed by atoms with Crippen molar-refractivity contribution in [3.63, 3.8) is 0 Å². The molecule has 82 valence electrons. The van der Waals surface area contributed by atoms with Crippen LogP contribution in [0.4, 0.5) is 0 Å². The van der Waals surface area contributed by atoms with E-state index in [0.29, 0.717) is 0 Å². The maximum atomic E-state index is 3.47. The van der Waals surface area contributed by atoms with Crippen molar-refractivity contribution in [2.75, 3.05) is 40.3 Å². The molecule has 0 aromatic rings. The molecule has 0 aliphatic carbocycles. The normalized spacial score (nSPS) is 34.5. The fraction of sp³-hybridized carbons (Fsp3) is 1.00. The summed E-state index contributed by atoms with van der Waals surface area (Å²) in [7, 11) is 4.52. The summed E-state index contributed by atoms with van der Waals surface area (Å²) in [5, 5.41) is 3.47. The molecule has 2 aliphatic heterocycles. The zero-order chi connectivity index (χ0) is 9.97. The number of hydrogen-bond acceptors (Lipinski definition) is 3. The lowest BCUT2D eigenvalue weighted by Gasteiger charge is -2.39. The average Bonchev–Trinajstić information content (AvgIpc) is 2.11. The zero-order valence-corrected chi connectivity index (χ0v) is 9.50. The van der Waals surface area contributed by atoms with Crippen LogP contribution >= 0.6 is 0 Å². The van der Waals surface area contributed by atoms with E-state index >= 15 is 0 Å². The fourth-order valence-corrected chi connectivity index (χ4v) is 2.50. The maximum Gasteiger partial charge on any atom is 0.0221 e. The monoisotopic (exact) mass is 197 g/mol. The molecule has 0 bridgehead atoms. The Morgan fingerprint density at radius 1 is 1.43 bits per heavy atom. The van der Waals surface area contributed by atoms with Crippen LogP contribution < -0.4 is 5.32 Å². The van der Waals surface area contributed by atoms with Gasteiger partial charge in [0.15, 0.2) is 0 Å². The first-order chi connectivity index (χ1) is 6.75. The van der Waals surface area contributed by atoms with Crippen LogP contribution in [-0.4, -0.2) is 62.2 Å². The standard InChI is InChI=1S/C11H23N3/c1-13-7-3-4-11(9-13)14(2)8-10-5-6-12-10/h10-12H,3-9H2,1-2H3. The Morgan fingerprint density at radius 3 is 2.79 bits per heavy atom. The number of nitrogens with zero attached hydrogens (tertiary/aromatic N) is 2. The molecule has 0 radical (unpaired) electrons. The number of nitrogens with one attached hydrogen (secondary N) is 1. The zero-order valence-electron chi connectivity index (χ0n) is 9.50. The van der Waals surface area contributed by atoms with Crippen molar-refractivity contribution >= 4 is 0 Å². The first-order valence-corrected chi connectivity index (χ1v) is 5.88. The van der Waals surface area contributed by atoms with Gasteiger partial charge < -0.3 is 15.1 Å². The second kappa shape index (κ2) is 4.60. The van der Waals surface area contributed by atoms with Crippen LogP contribution in [0.2, 0.25) is 0 Å². The molecule has 0 aromatic carbocycles. The Kier molecular flexibility index (Phi) is 3.42. The first kappa shape index (κ1) is 10.4. The lowest BCUT2D eigenvalue weighted by molar-refractivity contribution is 0.115. The topological polar surface area (TPSA) is 18.5 Å². The molecule has 0 saturated carbocycles. The summed E-state index contributed by atoms with van der Waals surface area (Å²) in [6.45, 7) is 5.00. The summed E-state index contributed by atoms with van der Waals surface area (Å²) in [6, 6.07) is 1.56. The van der Waals surface area contributed by atoms with Gasteiger partial charge in [0, 0.05) is 25.2 Å². The van der Waals surface area contributed by atoms with Crippen LogP contribution in [0.5, 0.6) is 0 Å². The van der Waals surface area contributed by atoms with Gasteiger partial charge in [-0.1, -0.05) is 0 Å². The molecule has 3 nitrogen and oxygen atoms in total. The van der Waals surface area contributed by atoms with E-state index in [-0.39, 0.29) is 0 Å². The van der Waals surface area contributed by atoms with Gasteiger partial charge in [0.2, 0.25) is 0 Å². The molecule has 2 unspecified atom stereocenters. The van der Waals surface area contributed by atoms with Gasteiger partial charge in [-0.3, -0.25) is 0 Å². The van der Waals surface area contributed by atoms with E-state index in [1.165, 1.54) is 45.4 Å². The minimum Gasteiger partial charge on any atom is -0.313 e. The first-order valence-electron chi connectivity index (χ1n) is 5.88. The molecule has 2 heterocycles. The second-order valence-electron chi connectivity index (χ2n) is 4.94. The summed E-state index contributed by atoms with van der Waals surface area (Å²) in [6.07, 6.45) is 4.12. The van der Waals surface area contributed by atoms with Crippen LogP contribution in [0.25, 0.3) is 0 Å². The van der Waals surface area contributed by atoms with E-state index in [4.69, 9.17) is 0 Å². The fourth-order valence-electron chi connectivity index (χ4n) is 2.50. The van der Waals surface area contributed by atoms with Gasteiger partial charge in [-0.15, -0.1) is 0 Å². The van der Waals surface area contributed by atoms with Crippen molar-refractivity contribution in [1.82, 2.24) is 15.1 Å². The van der Waals surface area contributed by atoms with Crippen LogP contribution in [0.15, 0.2) is 0 Å². The van der Waals surface area contributed by atoms with Crippen molar-refractivity contribution in [1.29, 1.82) is 0 Å². The summed E-state index contributed by atoms with van der Waals surface area (Å²) >= 11 is 0. The van der Waals surface area contributed by atoms with Crippen molar-refractivity contribution in [2.45, 2.75) is 31.3 Å². The third-order valence-electron chi connectivity index (χ3n) is 3.66. The molecule has 2 aliphatic rings. The second-order valence-corrected chi connectivity index (χ2v) is 4.94. The van der Waals surface area contributed by atoms with E-state index in [9.17, 15) is 0 Å². The lowest BCUT2D eigenvalue weighted by Crippen LogP contribution is -2.53. The average molecular weight is 197 g/mol. The highest BCUT2D eigenvalue weighted by Crippen LogP contribution is 2.15. The Balaban J connectivity index is 1.74. The molecule has 0 amide bonds. The number of likely N-dealkylation sites (N-methyl/N-ethyl adjacent to an activating group) is 2. The number of rotatable bonds is 3. The number of piperidine rings is 1. The molecule has 0 aromatic heterocycles. The molecule has 1 N–H and O–H groups in total. The molecule has 2 atom stereocenters. The highest BCUT2D eigenvalue weighted by molar-refractivity contribution is 4.84. The smallest absolute Gasteiger partial charge is 0.0221 e. The van der Waals surface area contributed by atoms with E-state index in [2.05, 4.69) is 29.2 Å². The number of hydrogen-bond donors (Lipinski definition) is 1. The highest BCUT2D eigenvalue weighted by atomic mass is 15.2. The minimum atomic E-state index is 0.771. The van der Waals surface area contributed by atoms with Crippen LogP contribution in [0.1, 0.15) is 19.3 Å². The largest absolute Gasteiger partial charge is 0.313 e. The van der Waals surface area contributed by atoms with Gasteiger partial charge in [-0.25, -0.2) is 0 Å². The van der Waals surface area contributed by atoms with Gasteiger partial charge in [0.25, 0.3) is 0 Å². The predicted octanol–water partition coefficient (Wildman–Crippen LogP) is 0.374. The number of likely N-dealkylation sites (tertiary alicyclic amines) is 1. The quantitative estimate of drug-likeness (QED) is 0.705. The lowest BCUT2D eigenvalue weighted by atomic mass is 10.0. The van der Waals surface area contributed by atoms with E-state index in [0.717, 1.165) is 12.1 Å². The molecular formula is C11H23N3. The Labute approximate surface area is 87.4 Å². The van der Waals surface area contributed by atoms with Crippen molar-refractivity contribution in [3.05, 3.63) is 0 Å².